The maximum Gasteiger partial charge on any atom is 0.137 e. The van der Waals surface area contributed by atoms with Gasteiger partial charge in [0.2, 0.25) is 0 Å². The number of nitriles is 1. The van der Waals surface area contributed by atoms with Crippen LogP contribution in [0, 0.1) is 17.2 Å². The van der Waals surface area contributed by atoms with E-state index >= 15 is 0 Å². The van der Waals surface area contributed by atoms with Crippen LogP contribution in [-0.2, 0) is 0 Å². The largest absolute Gasteiger partial charge is 0.370 e. The summed E-state index contributed by atoms with van der Waals surface area (Å²) >= 11 is 0. The molecule has 0 saturated heterocycles. The Kier molecular flexibility index (Phi) is 6.23. The van der Waals surface area contributed by atoms with Crippen LogP contribution in [0.15, 0.2) is 6.33 Å². The van der Waals surface area contributed by atoms with E-state index in [4.69, 9.17) is 5.26 Å². The smallest absolute Gasteiger partial charge is 0.137 e. The van der Waals surface area contributed by atoms with Gasteiger partial charge >= 0.3 is 0 Å². The predicted molar refractivity (Wildman–Crippen MR) is 82.9 cm³/mol. The van der Waals surface area contributed by atoms with E-state index < -0.39 is 0 Å². The van der Waals surface area contributed by atoms with Crippen molar-refractivity contribution in [2.45, 2.75) is 40.5 Å². The number of hydrogen-bond donors (Lipinski definition) is 1. The number of nitrogens with zero attached hydrogens (tertiary/aromatic N) is 4. The van der Waals surface area contributed by atoms with Crippen molar-refractivity contribution in [2.75, 3.05) is 29.9 Å². The molecule has 5 nitrogen and oxygen atoms in total. The van der Waals surface area contributed by atoms with Crippen LogP contribution >= 0.6 is 0 Å². The van der Waals surface area contributed by atoms with Gasteiger partial charge in [0, 0.05) is 25.2 Å². The van der Waals surface area contributed by atoms with E-state index in [-0.39, 0.29) is 5.92 Å². The van der Waals surface area contributed by atoms with Gasteiger partial charge in [0.25, 0.3) is 0 Å². The first-order chi connectivity index (χ1) is 9.54. The van der Waals surface area contributed by atoms with Crippen LogP contribution in [0.3, 0.4) is 0 Å². The number of rotatable bonds is 7. The van der Waals surface area contributed by atoms with E-state index in [2.05, 4.69) is 53.9 Å². The number of nitrogens with one attached hydrogen (secondary N) is 1. The lowest BCUT2D eigenvalue weighted by Gasteiger charge is -2.27. The third-order valence-corrected chi connectivity index (χ3v) is 3.18. The van der Waals surface area contributed by atoms with Crippen molar-refractivity contribution in [1.82, 2.24) is 9.97 Å². The van der Waals surface area contributed by atoms with Gasteiger partial charge in [-0.05, 0) is 26.7 Å². The molecule has 0 bridgehead atoms. The zero-order valence-corrected chi connectivity index (χ0v) is 13.1. The first-order valence-corrected chi connectivity index (χ1v) is 7.28. The van der Waals surface area contributed by atoms with Crippen LogP contribution < -0.4 is 10.2 Å². The maximum atomic E-state index is 9.02. The van der Waals surface area contributed by atoms with Crippen LogP contribution in [0.1, 0.15) is 46.1 Å². The molecule has 110 valence electrons. The van der Waals surface area contributed by atoms with Crippen LogP contribution in [0.4, 0.5) is 11.6 Å². The molecule has 0 fully saturated rings. The highest BCUT2D eigenvalue weighted by Gasteiger charge is 2.20. The molecule has 0 amide bonds. The minimum atomic E-state index is -0.0208. The Hall–Kier alpha value is -1.83. The molecule has 0 aromatic carbocycles. The van der Waals surface area contributed by atoms with Crippen LogP contribution in [-0.4, -0.2) is 29.6 Å². The van der Waals surface area contributed by atoms with E-state index in [1.165, 1.54) is 0 Å². The summed E-state index contributed by atoms with van der Waals surface area (Å²) in [6, 6.07) is 2.29. The Balaban J connectivity index is 3.20. The van der Waals surface area contributed by atoms with Crippen molar-refractivity contribution in [3.05, 3.63) is 11.9 Å². The first kappa shape index (κ1) is 16.2. The minimum Gasteiger partial charge on any atom is -0.370 e. The quantitative estimate of drug-likeness (QED) is 0.828. The molecule has 1 aromatic rings. The van der Waals surface area contributed by atoms with Gasteiger partial charge in [0.1, 0.15) is 18.0 Å². The molecule has 1 rings (SSSR count). The number of anilines is 2. The van der Waals surface area contributed by atoms with Crippen molar-refractivity contribution in [1.29, 1.82) is 5.26 Å². The predicted octanol–water partition coefficient (Wildman–Crippen LogP) is 3.02. The summed E-state index contributed by atoms with van der Waals surface area (Å²) in [4.78, 5) is 11.0. The van der Waals surface area contributed by atoms with Gasteiger partial charge in [-0.1, -0.05) is 13.8 Å². The summed E-state index contributed by atoms with van der Waals surface area (Å²) < 4.78 is 0. The average molecular weight is 275 g/mol. The Bertz CT molecular complexity index is 464. The molecule has 5 heteroatoms. The van der Waals surface area contributed by atoms with Gasteiger partial charge in [0.05, 0.1) is 12.0 Å². The molecule has 1 aromatic heterocycles. The molecule has 1 unspecified atom stereocenters. The van der Waals surface area contributed by atoms with Gasteiger partial charge in [-0.15, -0.1) is 0 Å². The van der Waals surface area contributed by atoms with Gasteiger partial charge < -0.3 is 10.2 Å². The van der Waals surface area contributed by atoms with Gasteiger partial charge in [-0.2, -0.15) is 5.26 Å². The summed E-state index contributed by atoms with van der Waals surface area (Å²) in [5.41, 5.74) is 1.13. The molecule has 0 saturated carbocycles. The molecule has 0 aliphatic heterocycles. The lowest BCUT2D eigenvalue weighted by molar-refractivity contribution is 0.671. The fourth-order valence-electron chi connectivity index (χ4n) is 2.21. The molecular formula is C15H25N5. The van der Waals surface area contributed by atoms with Crippen molar-refractivity contribution in [3.8, 4) is 6.07 Å². The summed E-state index contributed by atoms with van der Waals surface area (Å²) in [6.45, 7) is 12.7. The van der Waals surface area contributed by atoms with Crippen LogP contribution in [0.2, 0.25) is 0 Å². The zero-order chi connectivity index (χ0) is 15.1. The summed E-state index contributed by atoms with van der Waals surface area (Å²) in [7, 11) is 0. The molecule has 0 aliphatic rings. The maximum absolute atomic E-state index is 9.02. The van der Waals surface area contributed by atoms with E-state index in [0.717, 1.165) is 30.3 Å². The van der Waals surface area contributed by atoms with Crippen molar-refractivity contribution < 1.29 is 0 Å². The van der Waals surface area contributed by atoms with E-state index in [1.54, 1.807) is 6.33 Å². The van der Waals surface area contributed by atoms with Crippen molar-refractivity contribution in [2.24, 2.45) is 5.92 Å². The van der Waals surface area contributed by atoms with Gasteiger partial charge in [0.15, 0.2) is 0 Å². The molecule has 0 radical (unpaired) electrons. The Morgan fingerprint density at radius 1 is 1.30 bits per heavy atom. The summed E-state index contributed by atoms with van der Waals surface area (Å²) in [5, 5.41) is 12.3. The Labute approximate surface area is 122 Å². The van der Waals surface area contributed by atoms with Crippen molar-refractivity contribution in [3.63, 3.8) is 0 Å². The molecule has 0 aliphatic carbocycles. The molecule has 1 heterocycles. The third kappa shape index (κ3) is 3.83. The van der Waals surface area contributed by atoms with Gasteiger partial charge in [-0.3, -0.25) is 0 Å². The number of hydrogen-bond acceptors (Lipinski definition) is 5. The Morgan fingerprint density at radius 3 is 2.50 bits per heavy atom. The highest BCUT2D eigenvalue weighted by molar-refractivity contribution is 5.60. The van der Waals surface area contributed by atoms with Crippen molar-refractivity contribution >= 4 is 11.6 Å². The fraction of sp³-hybridized carbons (Fsp3) is 0.667. The molecule has 0 spiro atoms. The zero-order valence-electron chi connectivity index (χ0n) is 13.1. The molecule has 20 heavy (non-hydrogen) atoms. The van der Waals surface area contributed by atoms with E-state index in [1.807, 2.05) is 6.92 Å². The second-order valence-electron chi connectivity index (χ2n) is 5.21. The topological polar surface area (TPSA) is 64.8 Å². The average Bonchev–Trinajstić information content (AvgIpc) is 2.44. The molecule has 1 atom stereocenters. The SMILES string of the molecule is CCNc1ncnc(N(CC)CC(C)C#N)c1C(C)C. The second-order valence-corrected chi connectivity index (χ2v) is 5.21. The first-order valence-electron chi connectivity index (χ1n) is 7.28. The fourth-order valence-corrected chi connectivity index (χ4v) is 2.21. The lowest BCUT2D eigenvalue weighted by Crippen LogP contribution is -2.30. The molecular weight excluding hydrogens is 250 g/mol. The number of aromatic nitrogens is 2. The monoisotopic (exact) mass is 275 g/mol. The standard InChI is InChI=1S/C15H25N5/c1-6-17-14-13(11(3)4)15(19-10-18-14)20(7-2)9-12(5)8-16/h10-12H,6-7,9H2,1-5H3,(H,17,18,19). The Morgan fingerprint density at radius 2 is 2.00 bits per heavy atom. The summed E-state index contributed by atoms with van der Waals surface area (Å²) in [6.07, 6.45) is 1.60. The molecule has 1 N–H and O–H groups in total. The third-order valence-electron chi connectivity index (χ3n) is 3.18. The summed E-state index contributed by atoms with van der Waals surface area (Å²) in [5.74, 6) is 2.14. The second kappa shape index (κ2) is 7.68. The van der Waals surface area contributed by atoms with E-state index in [9.17, 15) is 0 Å². The van der Waals surface area contributed by atoms with Gasteiger partial charge in [-0.25, -0.2) is 9.97 Å². The normalized spacial score (nSPS) is 12.1. The lowest BCUT2D eigenvalue weighted by atomic mass is 10.0. The highest BCUT2D eigenvalue weighted by atomic mass is 15.2. The van der Waals surface area contributed by atoms with E-state index in [0.29, 0.717) is 12.5 Å². The highest BCUT2D eigenvalue weighted by Crippen LogP contribution is 2.31. The van der Waals surface area contributed by atoms with Crippen LogP contribution in [0.25, 0.3) is 0 Å². The van der Waals surface area contributed by atoms with Crippen LogP contribution in [0.5, 0.6) is 0 Å². The minimum absolute atomic E-state index is 0.0208.